The Bertz CT molecular complexity index is 1230. The molecule has 2 aromatic carbocycles. The Hall–Kier alpha value is -3.13. The molecule has 3 aromatic rings. The fourth-order valence-electron chi connectivity index (χ4n) is 3.44. The quantitative estimate of drug-likeness (QED) is 0.677. The van der Waals surface area contributed by atoms with Crippen LogP contribution in [-0.4, -0.2) is 30.8 Å². The van der Waals surface area contributed by atoms with Crippen molar-refractivity contribution in [3.63, 3.8) is 0 Å². The SMILES string of the molecule is CCCn1ccc2cc(NC(=O)[C@H](C)N=C3NS(=O)(=O)c4ccccc43)ccc21. The topological polar surface area (TPSA) is 92.6 Å². The van der Waals surface area contributed by atoms with Crippen LogP contribution in [0.2, 0.25) is 0 Å². The summed E-state index contributed by atoms with van der Waals surface area (Å²) >= 11 is 0. The standard InChI is InChI=1S/C21H22N4O3S/c1-3-11-25-12-10-15-13-16(8-9-18(15)25)23-21(26)14(2)22-20-17-6-4-5-7-19(17)29(27,28)24-20/h4-10,12-14H,3,11H2,1-2H3,(H,22,24)(H,23,26)/t14-/m0/s1. The number of nitrogens with one attached hydrogen (secondary N) is 2. The zero-order valence-corrected chi connectivity index (χ0v) is 17.0. The van der Waals surface area contributed by atoms with E-state index in [0.29, 0.717) is 11.3 Å². The number of carbonyl (C=O) groups is 1. The smallest absolute Gasteiger partial charge is 0.263 e. The van der Waals surface area contributed by atoms with Crippen LogP contribution in [0.15, 0.2) is 64.6 Å². The van der Waals surface area contributed by atoms with Gasteiger partial charge in [-0.15, -0.1) is 0 Å². The van der Waals surface area contributed by atoms with Gasteiger partial charge in [0, 0.05) is 34.9 Å². The minimum atomic E-state index is -3.63. The predicted octanol–water partition coefficient (Wildman–Crippen LogP) is 3.12. The van der Waals surface area contributed by atoms with E-state index >= 15 is 0 Å². The second-order valence-corrected chi connectivity index (χ2v) is 8.68. The van der Waals surface area contributed by atoms with Gasteiger partial charge in [0.1, 0.15) is 11.9 Å². The van der Waals surface area contributed by atoms with E-state index in [2.05, 4.69) is 26.5 Å². The summed E-state index contributed by atoms with van der Waals surface area (Å²) in [5, 5.41) is 3.91. The highest BCUT2D eigenvalue weighted by Crippen LogP contribution is 2.23. The summed E-state index contributed by atoms with van der Waals surface area (Å²) in [4.78, 5) is 17.1. The largest absolute Gasteiger partial charge is 0.347 e. The van der Waals surface area contributed by atoms with Crippen molar-refractivity contribution >= 4 is 38.4 Å². The first-order chi connectivity index (χ1) is 13.9. The second kappa shape index (κ2) is 7.36. The average molecular weight is 410 g/mol. The van der Waals surface area contributed by atoms with Crippen molar-refractivity contribution in [3.05, 3.63) is 60.3 Å². The van der Waals surface area contributed by atoms with Gasteiger partial charge in [-0.3, -0.25) is 14.5 Å². The summed E-state index contributed by atoms with van der Waals surface area (Å²) in [6.45, 7) is 4.71. The van der Waals surface area contributed by atoms with E-state index in [9.17, 15) is 13.2 Å². The zero-order valence-electron chi connectivity index (χ0n) is 16.2. The molecule has 0 aliphatic carbocycles. The number of fused-ring (bicyclic) bond motifs is 2. The number of aliphatic imine (C=N–C) groups is 1. The molecule has 0 bridgehead atoms. The molecule has 0 spiro atoms. The van der Waals surface area contributed by atoms with Crippen molar-refractivity contribution in [3.8, 4) is 0 Å². The van der Waals surface area contributed by atoms with E-state index in [1.165, 1.54) is 6.07 Å². The number of benzene rings is 2. The van der Waals surface area contributed by atoms with Crippen molar-refractivity contribution in [2.45, 2.75) is 37.8 Å². The number of carbonyl (C=O) groups excluding carboxylic acids is 1. The van der Waals surface area contributed by atoms with Gasteiger partial charge in [0.15, 0.2) is 0 Å². The molecule has 150 valence electrons. The number of hydrogen-bond acceptors (Lipinski definition) is 4. The Morgan fingerprint density at radius 1 is 1.21 bits per heavy atom. The molecule has 1 aliphatic rings. The van der Waals surface area contributed by atoms with E-state index in [0.717, 1.165) is 23.9 Å². The highest BCUT2D eigenvalue weighted by atomic mass is 32.2. The van der Waals surface area contributed by atoms with Gasteiger partial charge in [0.05, 0.1) is 4.90 Å². The zero-order chi connectivity index (χ0) is 20.6. The third kappa shape index (κ3) is 3.63. The number of nitrogens with zero attached hydrogens (tertiary/aromatic N) is 2. The maximum Gasteiger partial charge on any atom is 0.263 e. The van der Waals surface area contributed by atoms with Crippen LogP contribution in [0.3, 0.4) is 0 Å². The molecule has 4 rings (SSSR count). The summed E-state index contributed by atoms with van der Waals surface area (Å²) in [6.07, 6.45) is 3.09. The van der Waals surface area contributed by atoms with Crippen LogP contribution < -0.4 is 10.0 Å². The second-order valence-electron chi connectivity index (χ2n) is 7.03. The molecule has 1 atom stereocenters. The molecule has 1 amide bonds. The number of amides is 1. The van der Waals surface area contributed by atoms with Gasteiger partial charge in [-0.2, -0.15) is 0 Å². The van der Waals surface area contributed by atoms with Crippen LogP contribution >= 0.6 is 0 Å². The Balaban J connectivity index is 1.53. The van der Waals surface area contributed by atoms with E-state index in [1.54, 1.807) is 25.1 Å². The lowest BCUT2D eigenvalue weighted by atomic mass is 10.2. The van der Waals surface area contributed by atoms with Crippen LogP contribution in [0.1, 0.15) is 25.8 Å². The molecule has 0 unspecified atom stereocenters. The molecule has 0 fully saturated rings. The van der Waals surface area contributed by atoms with Gasteiger partial charge in [0.2, 0.25) is 5.91 Å². The Labute approximate surface area is 169 Å². The van der Waals surface area contributed by atoms with Gasteiger partial charge >= 0.3 is 0 Å². The lowest BCUT2D eigenvalue weighted by Crippen LogP contribution is -2.28. The molecule has 2 heterocycles. The molecule has 1 aliphatic heterocycles. The van der Waals surface area contributed by atoms with Crippen molar-refractivity contribution < 1.29 is 13.2 Å². The molecule has 29 heavy (non-hydrogen) atoms. The maximum atomic E-state index is 12.6. The minimum absolute atomic E-state index is 0.174. The van der Waals surface area contributed by atoms with Gasteiger partial charge in [0.25, 0.3) is 10.0 Å². The van der Waals surface area contributed by atoms with Crippen molar-refractivity contribution in [1.82, 2.24) is 9.29 Å². The lowest BCUT2D eigenvalue weighted by molar-refractivity contribution is -0.117. The van der Waals surface area contributed by atoms with E-state index in [1.807, 2.05) is 30.5 Å². The molecule has 0 saturated carbocycles. The van der Waals surface area contributed by atoms with Crippen LogP contribution in [0.25, 0.3) is 10.9 Å². The molecule has 0 radical (unpaired) electrons. The molecular formula is C21H22N4O3S. The van der Waals surface area contributed by atoms with Crippen molar-refractivity contribution in [2.24, 2.45) is 4.99 Å². The van der Waals surface area contributed by atoms with Gasteiger partial charge in [-0.05, 0) is 49.7 Å². The number of aromatic nitrogens is 1. The monoisotopic (exact) mass is 410 g/mol. The van der Waals surface area contributed by atoms with Crippen molar-refractivity contribution in [2.75, 3.05) is 5.32 Å². The van der Waals surface area contributed by atoms with Crippen LogP contribution in [0, 0.1) is 0 Å². The van der Waals surface area contributed by atoms with Crippen LogP contribution in [-0.2, 0) is 21.4 Å². The third-order valence-corrected chi connectivity index (χ3v) is 6.27. The first kappa shape index (κ1) is 19.2. The first-order valence-electron chi connectivity index (χ1n) is 9.49. The fraction of sp³-hybridized carbons (Fsp3) is 0.238. The highest BCUT2D eigenvalue weighted by Gasteiger charge is 2.31. The summed E-state index contributed by atoms with van der Waals surface area (Å²) in [6, 6.07) is 13.6. The fourth-order valence-corrected chi connectivity index (χ4v) is 4.68. The molecule has 2 N–H and O–H groups in total. The number of aryl methyl sites for hydroxylation is 1. The molecule has 7 nitrogen and oxygen atoms in total. The minimum Gasteiger partial charge on any atom is -0.347 e. The van der Waals surface area contributed by atoms with E-state index < -0.39 is 16.1 Å². The van der Waals surface area contributed by atoms with Crippen molar-refractivity contribution in [1.29, 1.82) is 0 Å². The summed E-state index contributed by atoms with van der Waals surface area (Å²) < 4.78 is 29.0. The number of rotatable bonds is 5. The Kier molecular flexibility index (Phi) is 4.87. The van der Waals surface area contributed by atoms with Crippen LogP contribution in [0.5, 0.6) is 0 Å². The lowest BCUT2D eigenvalue weighted by Gasteiger charge is -2.10. The van der Waals surface area contributed by atoms with Crippen LogP contribution in [0.4, 0.5) is 5.69 Å². The number of amidine groups is 1. The third-order valence-electron chi connectivity index (χ3n) is 4.87. The molecule has 8 heteroatoms. The summed E-state index contributed by atoms with van der Waals surface area (Å²) in [7, 11) is -3.63. The maximum absolute atomic E-state index is 12.6. The molecular weight excluding hydrogens is 388 g/mol. The number of anilines is 1. The Morgan fingerprint density at radius 2 is 2.00 bits per heavy atom. The van der Waals surface area contributed by atoms with E-state index in [4.69, 9.17) is 0 Å². The number of sulfonamides is 1. The number of hydrogen-bond donors (Lipinski definition) is 2. The predicted molar refractivity (Wildman–Crippen MR) is 114 cm³/mol. The average Bonchev–Trinajstić information content (AvgIpc) is 3.20. The first-order valence-corrected chi connectivity index (χ1v) is 11.0. The van der Waals surface area contributed by atoms with Gasteiger partial charge in [-0.25, -0.2) is 8.42 Å². The Morgan fingerprint density at radius 3 is 2.79 bits per heavy atom. The summed E-state index contributed by atoms with van der Waals surface area (Å²) in [5.74, 6) is -0.122. The molecule has 0 saturated heterocycles. The molecule has 1 aromatic heterocycles. The van der Waals surface area contributed by atoms with E-state index in [-0.39, 0.29) is 16.6 Å². The summed E-state index contributed by atoms with van der Waals surface area (Å²) in [5.41, 5.74) is 2.28. The van der Waals surface area contributed by atoms with Gasteiger partial charge < -0.3 is 9.88 Å². The van der Waals surface area contributed by atoms with Gasteiger partial charge in [-0.1, -0.05) is 19.1 Å². The highest BCUT2D eigenvalue weighted by molar-refractivity contribution is 7.90. The normalized spacial score (nSPS) is 17.1.